The van der Waals surface area contributed by atoms with Crippen LogP contribution in [0.1, 0.15) is 71.1 Å². The van der Waals surface area contributed by atoms with E-state index < -0.39 is 11.6 Å². The van der Waals surface area contributed by atoms with E-state index in [0.717, 1.165) is 64.8 Å². The Morgan fingerprint density at radius 2 is 1.76 bits per heavy atom. The molecular weight excluding hydrogens is 586 g/mol. The number of piperazine rings is 1. The minimum Gasteiger partial charge on any atom is -0.508 e. The van der Waals surface area contributed by atoms with Gasteiger partial charge in [-0.1, -0.05) is 33.8 Å². The number of phenols is 1. The molecule has 1 atom stereocenters. The zero-order chi connectivity index (χ0) is 32.6. The van der Waals surface area contributed by atoms with E-state index in [-0.39, 0.29) is 34.6 Å². The lowest BCUT2D eigenvalue weighted by Gasteiger charge is -2.36. The van der Waals surface area contributed by atoms with Gasteiger partial charge in [-0.3, -0.25) is 4.90 Å². The van der Waals surface area contributed by atoms with Gasteiger partial charge >= 0.3 is 6.01 Å². The third-order valence-electron chi connectivity index (χ3n) is 9.99. The van der Waals surface area contributed by atoms with Gasteiger partial charge in [0.2, 0.25) is 0 Å². The molecule has 46 heavy (non-hydrogen) atoms. The van der Waals surface area contributed by atoms with Crippen molar-refractivity contribution in [2.75, 3.05) is 44.2 Å². The Kier molecular flexibility index (Phi) is 9.30. The Bertz CT molecular complexity index is 1740. The first-order valence-corrected chi connectivity index (χ1v) is 17.1. The second kappa shape index (κ2) is 13.2. The molecule has 3 fully saturated rings. The topological polar surface area (TPSA) is 86.6 Å². The molecule has 0 saturated carbocycles. The van der Waals surface area contributed by atoms with Crippen LogP contribution in [-0.2, 0) is 6.42 Å². The average Bonchev–Trinajstić information content (AvgIpc) is 3.63. The lowest BCUT2D eigenvalue weighted by molar-refractivity contribution is 0.108. The number of nitrogens with zero attached hydrogens (tertiary/aromatic N) is 5. The summed E-state index contributed by atoms with van der Waals surface area (Å²) in [4.78, 5) is 19.3. The second-order valence-corrected chi connectivity index (χ2v) is 12.3. The van der Waals surface area contributed by atoms with E-state index in [4.69, 9.17) is 19.7 Å². The summed E-state index contributed by atoms with van der Waals surface area (Å²) in [7, 11) is 0. The van der Waals surface area contributed by atoms with E-state index in [1.165, 1.54) is 12.1 Å². The van der Waals surface area contributed by atoms with Crippen molar-refractivity contribution in [3.63, 3.8) is 0 Å². The molecule has 4 aromatic rings. The van der Waals surface area contributed by atoms with Crippen molar-refractivity contribution in [2.45, 2.75) is 84.7 Å². The first kappa shape index (κ1) is 32.3. The summed E-state index contributed by atoms with van der Waals surface area (Å²) < 4.78 is 38.0. The number of hydrogen-bond acceptors (Lipinski definition) is 8. The summed E-state index contributed by atoms with van der Waals surface area (Å²) in [5.74, 6) is -0.385. The maximum Gasteiger partial charge on any atom is 0.319 e. The Morgan fingerprint density at radius 3 is 2.52 bits per heavy atom. The van der Waals surface area contributed by atoms with Gasteiger partial charge in [0.05, 0.1) is 16.6 Å². The number of rotatable bonds is 4. The van der Waals surface area contributed by atoms with E-state index >= 15 is 4.39 Å². The van der Waals surface area contributed by atoms with Gasteiger partial charge in [0, 0.05) is 31.2 Å². The average molecular weight is 633 g/mol. The van der Waals surface area contributed by atoms with E-state index in [1.54, 1.807) is 19.1 Å². The normalized spacial score (nSPS) is 19.9. The summed E-state index contributed by atoms with van der Waals surface area (Å²) in [5.41, 5.74) is 1.64. The minimum atomic E-state index is -0.618. The molecule has 10 heteroatoms. The van der Waals surface area contributed by atoms with Gasteiger partial charge in [-0.2, -0.15) is 9.97 Å². The van der Waals surface area contributed by atoms with Crippen molar-refractivity contribution >= 4 is 27.5 Å². The van der Waals surface area contributed by atoms with Crippen LogP contribution in [0.25, 0.3) is 32.9 Å². The third-order valence-corrected chi connectivity index (χ3v) is 9.99. The van der Waals surface area contributed by atoms with Gasteiger partial charge in [0.1, 0.15) is 35.2 Å². The molecule has 8 nitrogen and oxygen atoms in total. The largest absolute Gasteiger partial charge is 0.508 e. The van der Waals surface area contributed by atoms with Crippen molar-refractivity contribution in [3.05, 3.63) is 47.2 Å². The molecule has 6 heterocycles. The van der Waals surface area contributed by atoms with Crippen LogP contribution >= 0.6 is 0 Å². The lowest BCUT2D eigenvalue weighted by atomic mass is 9.95. The molecule has 4 aliphatic rings. The summed E-state index contributed by atoms with van der Waals surface area (Å²) in [5, 5.41) is 15.8. The van der Waals surface area contributed by atoms with Crippen molar-refractivity contribution in [3.8, 4) is 23.0 Å². The van der Waals surface area contributed by atoms with E-state index in [9.17, 15) is 9.50 Å². The third kappa shape index (κ3) is 5.43. The number of fused-ring (bicyclic) bond motifs is 4. The first-order chi connectivity index (χ1) is 22.4. The number of pyridine rings is 1. The number of nitrogens with one attached hydrogen (secondary N) is 1. The molecule has 0 bridgehead atoms. The second-order valence-electron chi connectivity index (χ2n) is 12.3. The number of hydrogen-bond donors (Lipinski definition) is 2. The van der Waals surface area contributed by atoms with E-state index in [2.05, 4.69) is 15.1 Å². The first-order valence-electron chi connectivity index (χ1n) is 17.1. The molecule has 1 unspecified atom stereocenters. The Morgan fingerprint density at radius 1 is 1.00 bits per heavy atom. The highest BCUT2D eigenvalue weighted by atomic mass is 19.1. The number of ether oxygens (including phenoxy) is 1. The standard InChI is InChI=1S/C32H34F2N6O2.2C2H6/c1-18-23(33)6-4-19-14-21(41)15-22(25(18)19)28-27(34)29-26-24(36-28)7-5-20-16-35-10-13-40(20)30(26)38-31(37-29)42-17-32-8-2-11-39(32)12-3-9-32;2*1-2/h4,6,14-15,20,35,41H,2-3,5,7-13,16-17H2,1H3;2*1-2H3. The fourth-order valence-corrected chi connectivity index (χ4v) is 7.89. The quantitative estimate of drug-likeness (QED) is 0.251. The zero-order valence-electron chi connectivity index (χ0n) is 27.7. The van der Waals surface area contributed by atoms with Gasteiger partial charge in [-0.15, -0.1) is 0 Å². The summed E-state index contributed by atoms with van der Waals surface area (Å²) in [6, 6.07) is 6.35. The van der Waals surface area contributed by atoms with Crippen molar-refractivity contribution in [2.24, 2.45) is 0 Å². The predicted molar refractivity (Wildman–Crippen MR) is 180 cm³/mol. The SMILES string of the molecule is CC.CC.Cc1c(F)ccc2cc(O)cc(-c3nc4c5c(nc(OCC67CCCN6CCC7)nc5c3F)N3CCNCC3CC4)c12. The zero-order valence-corrected chi connectivity index (χ0v) is 27.7. The molecule has 0 amide bonds. The van der Waals surface area contributed by atoms with Gasteiger partial charge in [0.15, 0.2) is 5.82 Å². The molecule has 0 radical (unpaired) electrons. The Balaban J connectivity index is 0.000000896. The highest BCUT2D eigenvalue weighted by Crippen LogP contribution is 2.43. The van der Waals surface area contributed by atoms with Crippen LogP contribution < -0.4 is 15.0 Å². The fraction of sp³-hybridized carbons (Fsp3) is 0.528. The van der Waals surface area contributed by atoms with Crippen LogP contribution in [-0.4, -0.2) is 75.9 Å². The number of aryl methyl sites for hydroxylation is 2. The number of aromatic hydroxyl groups is 1. The molecular formula is C36H46F2N6O2. The van der Waals surface area contributed by atoms with Crippen LogP contribution in [0.2, 0.25) is 0 Å². The molecule has 0 aliphatic carbocycles. The maximum absolute atomic E-state index is 16.8. The monoisotopic (exact) mass is 632 g/mol. The van der Waals surface area contributed by atoms with E-state index in [1.807, 2.05) is 27.7 Å². The molecule has 3 saturated heterocycles. The number of anilines is 1. The van der Waals surface area contributed by atoms with Crippen LogP contribution in [0.4, 0.5) is 14.6 Å². The van der Waals surface area contributed by atoms with Gasteiger partial charge in [0.25, 0.3) is 0 Å². The Labute approximate surface area is 270 Å². The highest BCUT2D eigenvalue weighted by molar-refractivity contribution is 6.02. The molecule has 2 aromatic carbocycles. The Hall–Kier alpha value is -3.63. The smallest absolute Gasteiger partial charge is 0.319 e. The summed E-state index contributed by atoms with van der Waals surface area (Å²) in [6.45, 7) is 14.7. The lowest BCUT2D eigenvalue weighted by Crippen LogP contribution is -2.51. The van der Waals surface area contributed by atoms with Crippen LogP contribution in [0.15, 0.2) is 24.3 Å². The fourth-order valence-electron chi connectivity index (χ4n) is 7.89. The van der Waals surface area contributed by atoms with Crippen molar-refractivity contribution in [1.82, 2.24) is 25.2 Å². The number of phenolic OH excluding ortho intramolecular Hbond substituents is 1. The highest BCUT2D eigenvalue weighted by Gasteiger charge is 2.45. The molecule has 0 spiro atoms. The van der Waals surface area contributed by atoms with Crippen LogP contribution in [0, 0.1) is 18.6 Å². The summed E-state index contributed by atoms with van der Waals surface area (Å²) >= 11 is 0. The van der Waals surface area contributed by atoms with Gasteiger partial charge in [-0.05, 0) is 93.1 Å². The minimum absolute atomic E-state index is 0.000787. The molecule has 4 aliphatic heterocycles. The van der Waals surface area contributed by atoms with Gasteiger partial charge in [-0.25, -0.2) is 13.8 Å². The predicted octanol–water partition coefficient (Wildman–Crippen LogP) is 6.92. The molecule has 246 valence electrons. The van der Waals surface area contributed by atoms with Crippen LogP contribution in [0.5, 0.6) is 11.8 Å². The van der Waals surface area contributed by atoms with E-state index in [0.29, 0.717) is 51.8 Å². The molecule has 2 N–H and O–H groups in total. The van der Waals surface area contributed by atoms with Gasteiger partial charge < -0.3 is 20.1 Å². The van der Waals surface area contributed by atoms with Crippen LogP contribution in [0.3, 0.4) is 0 Å². The maximum atomic E-state index is 16.8. The number of aromatic nitrogens is 3. The number of halogens is 2. The van der Waals surface area contributed by atoms with Crippen molar-refractivity contribution in [1.29, 1.82) is 0 Å². The van der Waals surface area contributed by atoms with Crippen molar-refractivity contribution < 1.29 is 18.6 Å². The number of benzene rings is 2. The molecule has 8 rings (SSSR count). The summed E-state index contributed by atoms with van der Waals surface area (Å²) in [6.07, 6.45) is 5.91. The molecule has 2 aromatic heterocycles.